The van der Waals surface area contributed by atoms with Crippen LogP contribution in [0.4, 0.5) is 18.9 Å². The van der Waals surface area contributed by atoms with Gasteiger partial charge in [-0.05, 0) is 42.5 Å². The normalized spacial score (nSPS) is 10.9. The van der Waals surface area contributed by atoms with Gasteiger partial charge in [-0.15, -0.1) is 0 Å². The van der Waals surface area contributed by atoms with Crippen molar-refractivity contribution in [2.24, 2.45) is 0 Å². The second-order valence-electron chi connectivity index (χ2n) is 4.31. The number of nitrogens with one attached hydrogen (secondary N) is 1. The van der Waals surface area contributed by atoms with Gasteiger partial charge in [-0.3, -0.25) is 4.79 Å². The van der Waals surface area contributed by atoms with Gasteiger partial charge in [-0.1, -0.05) is 18.7 Å². The number of carbonyl (C=O) groups excluding carboxylic acids is 1. The molecule has 0 aliphatic heterocycles. The first kappa shape index (κ1) is 15.6. The molecule has 6 heteroatoms. The zero-order valence-electron chi connectivity index (χ0n) is 11.4. The lowest BCUT2D eigenvalue weighted by Gasteiger charge is -2.13. The Morgan fingerprint density at radius 2 is 1.73 bits per heavy atom. The molecule has 0 aliphatic rings. The second-order valence-corrected chi connectivity index (χ2v) is 4.31. The molecule has 0 saturated heterocycles. The van der Waals surface area contributed by atoms with Crippen LogP contribution < -0.4 is 10.1 Å². The quantitative estimate of drug-likeness (QED) is 0.837. The van der Waals surface area contributed by atoms with E-state index in [0.29, 0.717) is 5.69 Å². The van der Waals surface area contributed by atoms with Crippen LogP contribution >= 0.6 is 0 Å². The summed E-state index contributed by atoms with van der Waals surface area (Å²) in [7, 11) is 0. The molecular formula is C16H12F3NO2. The molecule has 0 unspecified atom stereocenters. The van der Waals surface area contributed by atoms with Gasteiger partial charge in [0, 0.05) is 5.69 Å². The minimum absolute atomic E-state index is 0.230. The van der Waals surface area contributed by atoms with Crippen LogP contribution in [0.2, 0.25) is 0 Å². The van der Waals surface area contributed by atoms with Gasteiger partial charge in [0.15, 0.2) is 0 Å². The predicted octanol–water partition coefficient (Wildman–Crippen LogP) is 4.62. The van der Waals surface area contributed by atoms with E-state index in [9.17, 15) is 18.0 Å². The minimum Gasteiger partial charge on any atom is -0.457 e. The number of rotatable bonds is 4. The van der Waals surface area contributed by atoms with Crippen LogP contribution in [0.5, 0.6) is 11.5 Å². The molecule has 0 radical (unpaired) electrons. The summed E-state index contributed by atoms with van der Waals surface area (Å²) in [5.41, 5.74) is -0.361. The molecule has 2 rings (SSSR count). The highest BCUT2D eigenvalue weighted by Gasteiger charge is 2.34. The molecule has 3 nitrogen and oxygen atoms in total. The van der Waals surface area contributed by atoms with Crippen LogP contribution in [0, 0.1) is 0 Å². The van der Waals surface area contributed by atoms with Gasteiger partial charge < -0.3 is 10.1 Å². The third-order valence-electron chi connectivity index (χ3n) is 2.73. The first-order valence-electron chi connectivity index (χ1n) is 6.27. The fraction of sp³-hybridized carbons (Fsp3) is 0.0625. The van der Waals surface area contributed by atoms with Gasteiger partial charge in [0.25, 0.3) is 0 Å². The highest BCUT2D eigenvalue weighted by molar-refractivity contribution is 5.98. The topological polar surface area (TPSA) is 38.3 Å². The van der Waals surface area contributed by atoms with Gasteiger partial charge in [0.1, 0.15) is 11.5 Å². The van der Waals surface area contributed by atoms with E-state index < -0.39 is 11.7 Å². The van der Waals surface area contributed by atoms with Crippen LogP contribution in [0.3, 0.4) is 0 Å². The van der Waals surface area contributed by atoms with E-state index in [1.165, 1.54) is 42.5 Å². The fourth-order valence-electron chi connectivity index (χ4n) is 1.72. The Morgan fingerprint density at radius 3 is 2.32 bits per heavy atom. The fourth-order valence-corrected chi connectivity index (χ4v) is 1.72. The molecule has 22 heavy (non-hydrogen) atoms. The van der Waals surface area contributed by atoms with Crippen molar-refractivity contribution in [1.29, 1.82) is 0 Å². The summed E-state index contributed by atoms with van der Waals surface area (Å²) < 4.78 is 43.9. The molecular weight excluding hydrogens is 295 g/mol. The standard InChI is InChI=1S/C16H12F3NO2/c1-2-15(21)20-11-7-9-12(10-8-11)22-14-6-4-3-5-13(14)16(17,18)19/h2-10H,1H2,(H,20,21). The number of hydrogen-bond acceptors (Lipinski definition) is 2. The van der Waals surface area contributed by atoms with Crippen LogP contribution in [0.15, 0.2) is 61.2 Å². The highest BCUT2D eigenvalue weighted by Crippen LogP contribution is 2.37. The Morgan fingerprint density at radius 1 is 1.09 bits per heavy atom. The Kier molecular flexibility index (Phi) is 4.50. The molecule has 2 aromatic rings. The summed E-state index contributed by atoms with van der Waals surface area (Å²) in [4.78, 5) is 11.1. The second kappa shape index (κ2) is 6.34. The third-order valence-corrected chi connectivity index (χ3v) is 2.73. The van der Waals surface area contributed by atoms with E-state index in [1.54, 1.807) is 0 Å². The molecule has 0 aliphatic carbocycles. The Hall–Kier alpha value is -2.76. The predicted molar refractivity (Wildman–Crippen MR) is 76.8 cm³/mol. The summed E-state index contributed by atoms with van der Waals surface area (Å²) in [6, 6.07) is 10.9. The van der Waals surface area contributed by atoms with E-state index in [0.717, 1.165) is 12.1 Å². The summed E-state index contributed by atoms with van der Waals surface area (Å²) in [5.74, 6) is -0.428. The maximum atomic E-state index is 12.9. The van der Waals surface area contributed by atoms with Crippen LogP contribution in [-0.4, -0.2) is 5.91 Å². The van der Waals surface area contributed by atoms with Crippen molar-refractivity contribution in [1.82, 2.24) is 0 Å². The van der Waals surface area contributed by atoms with E-state index in [2.05, 4.69) is 11.9 Å². The lowest BCUT2D eigenvalue weighted by Crippen LogP contribution is -2.07. The largest absolute Gasteiger partial charge is 0.457 e. The molecule has 2 aromatic carbocycles. The molecule has 0 spiro atoms. The van der Waals surface area contributed by atoms with Crippen molar-refractivity contribution in [3.8, 4) is 11.5 Å². The SMILES string of the molecule is C=CC(=O)Nc1ccc(Oc2ccccc2C(F)(F)F)cc1. The number of hydrogen-bond donors (Lipinski definition) is 1. The first-order valence-corrected chi connectivity index (χ1v) is 6.27. The monoisotopic (exact) mass is 307 g/mol. The molecule has 1 N–H and O–H groups in total. The van der Waals surface area contributed by atoms with E-state index in [1.807, 2.05) is 0 Å². The zero-order valence-corrected chi connectivity index (χ0v) is 11.4. The number of ether oxygens (including phenoxy) is 1. The summed E-state index contributed by atoms with van der Waals surface area (Å²) >= 11 is 0. The average molecular weight is 307 g/mol. The highest BCUT2D eigenvalue weighted by atomic mass is 19.4. The van der Waals surface area contributed by atoms with Crippen LogP contribution in [-0.2, 0) is 11.0 Å². The van der Waals surface area contributed by atoms with Crippen molar-refractivity contribution in [2.45, 2.75) is 6.18 Å². The Balaban J connectivity index is 2.18. The van der Waals surface area contributed by atoms with Crippen LogP contribution in [0.25, 0.3) is 0 Å². The molecule has 1 amide bonds. The number of alkyl halides is 3. The number of anilines is 1. The summed E-state index contributed by atoms with van der Waals surface area (Å²) in [6.45, 7) is 3.32. The molecule has 0 aromatic heterocycles. The maximum absolute atomic E-state index is 12.9. The smallest absolute Gasteiger partial charge is 0.419 e. The van der Waals surface area contributed by atoms with E-state index >= 15 is 0 Å². The van der Waals surface area contributed by atoms with E-state index in [-0.39, 0.29) is 17.4 Å². The summed E-state index contributed by atoms with van der Waals surface area (Å²) in [5, 5.41) is 2.53. The third kappa shape index (κ3) is 3.88. The van der Waals surface area contributed by atoms with Gasteiger partial charge in [-0.25, -0.2) is 0 Å². The lowest BCUT2D eigenvalue weighted by atomic mass is 10.2. The maximum Gasteiger partial charge on any atom is 0.419 e. The first-order chi connectivity index (χ1) is 10.4. The minimum atomic E-state index is -4.49. The number of para-hydroxylation sites is 1. The molecule has 0 heterocycles. The zero-order chi connectivity index (χ0) is 16.2. The lowest BCUT2D eigenvalue weighted by molar-refractivity contribution is -0.138. The van der Waals surface area contributed by atoms with Crippen molar-refractivity contribution in [3.63, 3.8) is 0 Å². The van der Waals surface area contributed by atoms with Crippen LogP contribution in [0.1, 0.15) is 5.56 Å². The number of halogens is 3. The van der Waals surface area contributed by atoms with Gasteiger partial charge in [0.05, 0.1) is 5.56 Å². The Bertz CT molecular complexity index is 679. The Labute approximate surface area is 125 Å². The van der Waals surface area contributed by atoms with Gasteiger partial charge in [0.2, 0.25) is 5.91 Å². The molecule has 0 fully saturated rings. The number of benzene rings is 2. The van der Waals surface area contributed by atoms with Crippen molar-refractivity contribution < 1.29 is 22.7 Å². The molecule has 0 bridgehead atoms. The molecule has 114 valence electrons. The average Bonchev–Trinajstić information content (AvgIpc) is 2.48. The molecule has 0 saturated carbocycles. The number of carbonyl (C=O) groups is 1. The molecule has 0 atom stereocenters. The van der Waals surface area contributed by atoms with Crippen molar-refractivity contribution >= 4 is 11.6 Å². The summed E-state index contributed by atoms with van der Waals surface area (Å²) in [6.07, 6.45) is -3.38. The van der Waals surface area contributed by atoms with Gasteiger partial charge in [-0.2, -0.15) is 13.2 Å². The number of amides is 1. The van der Waals surface area contributed by atoms with Gasteiger partial charge >= 0.3 is 6.18 Å². The van der Waals surface area contributed by atoms with Crippen molar-refractivity contribution in [3.05, 3.63) is 66.7 Å². The van der Waals surface area contributed by atoms with Crippen molar-refractivity contribution in [2.75, 3.05) is 5.32 Å². The van der Waals surface area contributed by atoms with E-state index in [4.69, 9.17) is 4.74 Å².